The van der Waals surface area contributed by atoms with Crippen molar-refractivity contribution in [2.24, 2.45) is 11.2 Å². The summed E-state index contributed by atoms with van der Waals surface area (Å²) in [5.41, 5.74) is 0. The second kappa shape index (κ2) is 4.43. The summed E-state index contributed by atoms with van der Waals surface area (Å²) in [7, 11) is 0. The molecular formula is C9H18N2O. The molecule has 0 saturated carbocycles. The van der Waals surface area contributed by atoms with E-state index in [-0.39, 0.29) is 0 Å². The Balaban J connectivity index is 2.51. The molecule has 0 N–H and O–H groups in total. The van der Waals surface area contributed by atoms with Gasteiger partial charge < -0.3 is 0 Å². The molecule has 1 fully saturated rings. The highest BCUT2D eigenvalue weighted by atomic mass is 16.3. The maximum absolute atomic E-state index is 10.5. The molecule has 2 atom stereocenters. The lowest BCUT2D eigenvalue weighted by Gasteiger charge is -2.34. The molecule has 70 valence electrons. The van der Waals surface area contributed by atoms with Gasteiger partial charge in [0.15, 0.2) is 0 Å². The third kappa shape index (κ3) is 1.96. The lowest BCUT2D eigenvalue weighted by atomic mass is 9.91. The van der Waals surface area contributed by atoms with Crippen molar-refractivity contribution in [2.45, 2.75) is 45.6 Å². The van der Waals surface area contributed by atoms with Crippen LogP contribution >= 0.6 is 0 Å². The second-order valence-electron chi connectivity index (χ2n) is 3.69. The second-order valence-corrected chi connectivity index (χ2v) is 3.69. The van der Waals surface area contributed by atoms with Crippen LogP contribution in [0.25, 0.3) is 0 Å². The molecule has 2 unspecified atom stereocenters. The number of rotatable bonds is 3. The SMILES string of the molecule is CCC(C)C1CCCCN1N=O. The fraction of sp³-hybridized carbons (Fsp3) is 1.00. The lowest BCUT2D eigenvalue weighted by Crippen LogP contribution is -2.39. The van der Waals surface area contributed by atoms with Crippen molar-refractivity contribution in [3.63, 3.8) is 0 Å². The number of piperidine rings is 1. The summed E-state index contributed by atoms with van der Waals surface area (Å²) in [4.78, 5) is 10.5. The van der Waals surface area contributed by atoms with Crippen LogP contribution in [0, 0.1) is 10.8 Å². The zero-order chi connectivity index (χ0) is 8.97. The minimum atomic E-state index is 0.404. The summed E-state index contributed by atoms with van der Waals surface area (Å²) in [5.74, 6) is 0.600. The molecule has 1 rings (SSSR count). The molecule has 3 heteroatoms. The molecule has 12 heavy (non-hydrogen) atoms. The highest BCUT2D eigenvalue weighted by molar-refractivity contribution is 4.78. The summed E-state index contributed by atoms with van der Waals surface area (Å²) in [5, 5.41) is 4.82. The first kappa shape index (κ1) is 9.49. The van der Waals surface area contributed by atoms with E-state index in [0.29, 0.717) is 12.0 Å². The largest absolute Gasteiger partial charge is 0.258 e. The van der Waals surface area contributed by atoms with E-state index in [1.54, 1.807) is 5.01 Å². The van der Waals surface area contributed by atoms with Gasteiger partial charge in [-0.3, -0.25) is 5.01 Å². The van der Waals surface area contributed by atoms with Crippen LogP contribution in [0.3, 0.4) is 0 Å². The normalized spacial score (nSPS) is 26.8. The lowest BCUT2D eigenvalue weighted by molar-refractivity contribution is 0.106. The van der Waals surface area contributed by atoms with Gasteiger partial charge in [-0.05, 0) is 25.2 Å². The predicted octanol–water partition coefficient (Wildman–Crippen LogP) is 2.57. The van der Waals surface area contributed by atoms with Gasteiger partial charge in [0.2, 0.25) is 0 Å². The van der Waals surface area contributed by atoms with Crippen LogP contribution in [-0.4, -0.2) is 17.6 Å². The third-order valence-electron chi connectivity index (χ3n) is 2.93. The molecule has 0 aliphatic carbocycles. The Bertz CT molecular complexity index is 149. The van der Waals surface area contributed by atoms with Gasteiger partial charge in [0.05, 0.1) is 11.3 Å². The molecule has 1 aliphatic heterocycles. The van der Waals surface area contributed by atoms with Crippen LogP contribution in [0.2, 0.25) is 0 Å². The Morgan fingerprint density at radius 2 is 2.33 bits per heavy atom. The fourth-order valence-corrected chi connectivity index (χ4v) is 1.89. The standard InChI is InChI=1S/C9H18N2O/c1-3-8(2)9-6-4-5-7-11(9)10-12/h8-9H,3-7H2,1-2H3. The minimum Gasteiger partial charge on any atom is -0.258 e. The van der Waals surface area contributed by atoms with Gasteiger partial charge in [0, 0.05) is 6.54 Å². The van der Waals surface area contributed by atoms with Gasteiger partial charge in [-0.15, -0.1) is 4.91 Å². The fourth-order valence-electron chi connectivity index (χ4n) is 1.89. The molecule has 0 aromatic heterocycles. The zero-order valence-electron chi connectivity index (χ0n) is 7.99. The van der Waals surface area contributed by atoms with Gasteiger partial charge in [0.25, 0.3) is 0 Å². The van der Waals surface area contributed by atoms with E-state index in [2.05, 4.69) is 19.1 Å². The quantitative estimate of drug-likeness (QED) is 0.610. The molecule has 0 radical (unpaired) electrons. The van der Waals surface area contributed by atoms with E-state index in [1.807, 2.05) is 0 Å². The highest BCUT2D eigenvalue weighted by Gasteiger charge is 2.26. The maximum atomic E-state index is 10.5. The van der Waals surface area contributed by atoms with Crippen LogP contribution in [0.1, 0.15) is 39.5 Å². The van der Waals surface area contributed by atoms with Crippen LogP contribution in [-0.2, 0) is 0 Å². The van der Waals surface area contributed by atoms with Crippen molar-refractivity contribution >= 4 is 0 Å². The van der Waals surface area contributed by atoms with Crippen molar-refractivity contribution in [3.8, 4) is 0 Å². The Labute approximate surface area is 74.1 Å². The summed E-state index contributed by atoms with van der Waals surface area (Å²) >= 11 is 0. The molecule has 3 nitrogen and oxygen atoms in total. The smallest absolute Gasteiger partial charge is 0.0528 e. The van der Waals surface area contributed by atoms with Gasteiger partial charge >= 0.3 is 0 Å². The Morgan fingerprint density at radius 3 is 2.92 bits per heavy atom. The van der Waals surface area contributed by atoms with Crippen molar-refractivity contribution in [2.75, 3.05) is 6.54 Å². The molecular weight excluding hydrogens is 152 g/mol. The Hall–Kier alpha value is -0.600. The predicted molar refractivity (Wildman–Crippen MR) is 49.6 cm³/mol. The minimum absolute atomic E-state index is 0.404. The van der Waals surface area contributed by atoms with E-state index in [4.69, 9.17) is 0 Å². The number of hydrogen-bond acceptors (Lipinski definition) is 2. The average Bonchev–Trinajstić information content (AvgIpc) is 2.16. The van der Waals surface area contributed by atoms with Crippen molar-refractivity contribution in [3.05, 3.63) is 4.91 Å². The Morgan fingerprint density at radius 1 is 1.58 bits per heavy atom. The van der Waals surface area contributed by atoms with Crippen LogP contribution in [0.4, 0.5) is 0 Å². The molecule has 1 heterocycles. The summed E-state index contributed by atoms with van der Waals surface area (Å²) in [6.45, 7) is 5.23. The molecule has 1 aliphatic rings. The zero-order valence-corrected chi connectivity index (χ0v) is 7.99. The molecule has 1 saturated heterocycles. The van der Waals surface area contributed by atoms with E-state index in [0.717, 1.165) is 25.8 Å². The highest BCUT2D eigenvalue weighted by Crippen LogP contribution is 2.24. The van der Waals surface area contributed by atoms with Crippen LogP contribution < -0.4 is 0 Å². The molecule has 0 aromatic rings. The third-order valence-corrected chi connectivity index (χ3v) is 2.93. The van der Waals surface area contributed by atoms with E-state index in [9.17, 15) is 4.91 Å². The van der Waals surface area contributed by atoms with E-state index < -0.39 is 0 Å². The first-order chi connectivity index (χ1) is 5.79. The topological polar surface area (TPSA) is 32.7 Å². The number of hydrogen-bond donors (Lipinski definition) is 0. The van der Waals surface area contributed by atoms with Gasteiger partial charge in [-0.25, -0.2) is 0 Å². The van der Waals surface area contributed by atoms with Gasteiger partial charge in [-0.2, -0.15) is 0 Å². The van der Waals surface area contributed by atoms with Crippen molar-refractivity contribution < 1.29 is 0 Å². The first-order valence-electron chi connectivity index (χ1n) is 4.89. The molecule has 0 spiro atoms. The van der Waals surface area contributed by atoms with Crippen molar-refractivity contribution in [1.82, 2.24) is 5.01 Å². The summed E-state index contributed by atoms with van der Waals surface area (Å²) in [6.07, 6.45) is 4.65. The monoisotopic (exact) mass is 170 g/mol. The van der Waals surface area contributed by atoms with Gasteiger partial charge in [0.1, 0.15) is 0 Å². The Kier molecular flexibility index (Phi) is 3.50. The van der Waals surface area contributed by atoms with Crippen LogP contribution in [0.15, 0.2) is 5.29 Å². The van der Waals surface area contributed by atoms with Crippen LogP contribution in [0.5, 0.6) is 0 Å². The molecule has 0 bridgehead atoms. The number of nitroso groups, excluding NO2 is 1. The maximum Gasteiger partial charge on any atom is 0.0528 e. The summed E-state index contributed by atoms with van der Waals surface area (Å²) < 4.78 is 0. The summed E-state index contributed by atoms with van der Waals surface area (Å²) in [6, 6.07) is 0.404. The molecule has 0 aromatic carbocycles. The average molecular weight is 170 g/mol. The van der Waals surface area contributed by atoms with Crippen molar-refractivity contribution in [1.29, 1.82) is 0 Å². The molecule has 0 amide bonds. The number of nitrogens with zero attached hydrogens (tertiary/aromatic N) is 2. The first-order valence-corrected chi connectivity index (χ1v) is 4.89. The van der Waals surface area contributed by atoms with E-state index in [1.165, 1.54) is 6.42 Å². The van der Waals surface area contributed by atoms with E-state index >= 15 is 0 Å². The van der Waals surface area contributed by atoms with Gasteiger partial charge in [-0.1, -0.05) is 20.3 Å².